The van der Waals surface area contributed by atoms with E-state index in [9.17, 15) is 9.59 Å². The topological polar surface area (TPSA) is 89.0 Å². The number of nitrogens with one attached hydrogen (secondary N) is 2. The molecule has 0 saturated carbocycles. The van der Waals surface area contributed by atoms with Gasteiger partial charge in [0, 0.05) is 10.6 Å². The third-order valence-electron chi connectivity index (χ3n) is 5.41. The van der Waals surface area contributed by atoms with Crippen LogP contribution in [0.4, 0.5) is 0 Å². The van der Waals surface area contributed by atoms with Gasteiger partial charge in [-0.05, 0) is 60.4 Å². The van der Waals surface area contributed by atoms with E-state index in [0.29, 0.717) is 34.3 Å². The van der Waals surface area contributed by atoms with Crippen molar-refractivity contribution in [3.63, 3.8) is 0 Å². The Morgan fingerprint density at radius 3 is 2.44 bits per heavy atom. The van der Waals surface area contributed by atoms with Gasteiger partial charge in [-0.3, -0.25) is 9.59 Å². The Labute approximate surface area is 216 Å². The van der Waals surface area contributed by atoms with Crippen molar-refractivity contribution in [1.29, 1.82) is 0 Å². The second-order valence-electron chi connectivity index (χ2n) is 8.62. The summed E-state index contributed by atoms with van der Waals surface area (Å²) >= 11 is 5.96. The van der Waals surface area contributed by atoms with Gasteiger partial charge in [0.15, 0.2) is 11.5 Å². The molecule has 0 aliphatic carbocycles. The van der Waals surface area contributed by atoms with Gasteiger partial charge in [0.1, 0.15) is 12.6 Å². The highest BCUT2D eigenvalue weighted by Crippen LogP contribution is 2.28. The minimum Gasteiger partial charge on any atom is -0.493 e. The molecule has 3 rings (SSSR count). The first-order chi connectivity index (χ1) is 17.3. The molecule has 0 aromatic heterocycles. The van der Waals surface area contributed by atoms with Gasteiger partial charge in [-0.25, -0.2) is 5.43 Å². The number of hydrazone groups is 1. The van der Waals surface area contributed by atoms with Gasteiger partial charge < -0.3 is 14.8 Å². The predicted molar refractivity (Wildman–Crippen MR) is 142 cm³/mol. The van der Waals surface area contributed by atoms with Crippen LogP contribution in [0.25, 0.3) is 0 Å². The van der Waals surface area contributed by atoms with Crippen molar-refractivity contribution < 1.29 is 19.1 Å². The van der Waals surface area contributed by atoms with Crippen LogP contribution in [0.15, 0.2) is 71.8 Å². The highest BCUT2D eigenvalue weighted by atomic mass is 35.5. The predicted octanol–water partition coefficient (Wildman–Crippen LogP) is 5.14. The molecule has 7 nitrogen and oxygen atoms in total. The number of benzene rings is 3. The smallest absolute Gasteiger partial charge is 0.262 e. The summed E-state index contributed by atoms with van der Waals surface area (Å²) in [6.45, 7) is 6.13. The van der Waals surface area contributed by atoms with Crippen molar-refractivity contribution in [3.05, 3.63) is 94.0 Å². The molecule has 36 heavy (non-hydrogen) atoms. The van der Waals surface area contributed by atoms with Crippen molar-refractivity contribution in [1.82, 2.24) is 10.7 Å². The van der Waals surface area contributed by atoms with Crippen LogP contribution < -0.4 is 20.2 Å². The fourth-order valence-electron chi connectivity index (χ4n) is 3.36. The fraction of sp³-hybridized carbons (Fsp3) is 0.250. The van der Waals surface area contributed by atoms with E-state index in [4.69, 9.17) is 21.1 Å². The highest BCUT2D eigenvalue weighted by molar-refractivity contribution is 6.31. The summed E-state index contributed by atoms with van der Waals surface area (Å²) in [7, 11) is 1.56. The zero-order valence-electron chi connectivity index (χ0n) is 20.7. The largest absolute Gasteiger partial charge is 0.493 e. The molecular formula is C28H30ClN3O4. The summed E-state index contributed by atoms with van der Waals surface area (Å²) in [5, 5.41) is 7.24. The summed E-state index contributed by atoms with van der Waals surface area (Å²) in [4.78, 5) is 25.3. The third-order valence-corrected chi connectivity index (χ3v) is 5.65. The molecule has 1 atom stereocenters. The Bertz CT molecular complexity index is 1230. The van der Waals surface area contributed by atoms with Crippen LogP contribution in [0.1, 0.15) is 40.9 Å². The number of halogens is 1. The number of methoxy groups -OCH3 is 1. The SMILES string of the molecule is COc1cc(C=NNC(=O)C(NC(=O)c2cccc(Cl)c2)C(C)C)ccc1OCc1ccc(C)cc1. The summed E-state index contributed by atoms with van der Waals surface area (Å²) in [6, 6.07) is 19.2. The minimum absolute atomic E-state index is 0.159. The molecule has 2 amide bonds. The van der Waals surface area contributed by atoms with E-state index in [0.717, 1.165) is 5.56 Å². The lowest BCUT2D eigenvalue weighted by Gasteiger charge is -2.20. The number of nitrogens with zero attached hydrogens (tertiary/aromatic N) is 1. The number of hydrogen-bond donors (Lipinski definition) is 2. The second-order valence-corrected chi connectivity index (χ2v) is 9.06. The lowest BCUT2D eigenvalue weighted by Crippen LogP contribution is -2.48. The van der Waals surface area contributed by atoms with Crippen LogP contribution in [0.5, 0.6) is 11.5 Å². The molecule has 0 spiro atoms. The Hall–Kier alpha value is -3.84. The molecule has 0 heterocycles. The molecule has 188 valence electrons. The Morgan fingerprint density at radius 1 is 1.03 bits per heavy atom. The van der Waals surface area contributed by atoms with Crippen molar-refractivity contribution in [2.24, 2.45) is 11.0 Å². The van der Waals surface area contributed by atoms with Gasteiger partial charge in [0.05, 0.1) is 13.3 Å². The van der Waals surface area contributed by atoms with E-state index >= 15 is 0 Å². The Balaban J connectivity index is 1.60. The maximum Gasteiger partial charge on any atom is 0.262 e. The van der Waals surface area contributed by atoms with E-state index in [2.05, 4.69) is 15.8 Å². The van der Waals surface area contributed by atoms with Crippen LogP contribution in [-0.2, 0) is 11.4 Å². The molecule has 8 heteroatoms. The molecule has 3 aromatic carbocycles. The minimum atomic E-state index is -0.777. The van der Waals surface area contributed by atoms with Gasteiger partial charge in [0.25, 0.3) is 11.8 Å². The van der Waals surface area contributed by atoms with Crippen LogP contribution in [0.2, 0.25) is 5.02 Å². The molecule has 2 N–H and O–H groups in total. The number of carbonyl (C=O) groups is 2. The number of hydrogen-bond acceptors (Lipinski definition) is 5. The van der Waals surface area contributed by atoms with E-state index in [-0.39, 0.29) is 11.8 Å². The molecule has 0 fully saturated rings. The van der Waals surface area contributed by atoms with Crippen LogP contribution in [-0.4, -0.2) is 31.2 Å². The Kier molecular flexibility index (Phi) is 9.47. The molecule has 1 unspecified atom stereocenters. The van der Waals surface area contributed by atoms with Gasteiger partial charge in [0.2, 0.25) is 0 Å². The normalized spacial score (nSPS) is 11.8. The number of ether oxygens (including phenoxy) is 2. The van der Waals surface area contributed by atoms with Crippen molar-refractivity contribution in [2.75, 3.05) is 7.11 Å². The van der Waals surface area contributed by atoms with Crippen molar-refractivity contribution in [3.8, 4) is 11.5 Å². The average Bonchev–Trinajstić information content (AvgIpc) is 2.86. The molecule has 3 aromatic rings. The first-order valence-electron chi connectivity index (χ1n) is 11.5. The number of rotatable bonds is 10. The first kappa shape index (κ1) is 26.8. The lowest BCUT2D eigenvalue weighted by atomic mass is 10.0. The van der Waals surface area contributed by atoms with Crippen LogP contribution >= 0.6 is 11.6 Å². The molecule has 0 bridgehead atoms. The van der Waals surface area contributed by atoms with Gasteiger partial charge in [-0.2, -0.15) is 5.10 Å². The molecular weight excluding hydrogens is 478 g/mol. The summed E-state index contributed by atoms with van der Waals surface area (Å²) < 4.78 is 11.4. The average molecular weight is 508 g/mol. The summed E-state index contributed by atoms with van der Waals surface area (Å²) in [5.74, 6) is 0.172. The summed E-state index contributed by atoms with van der Waals surface area (Å²) in [6.07, 6.45) is 1.50. The fourth-order valence-corrected chi connectivity index (χ4v) is 3.55. The highest BCUT2D eigenvalue weighted by Gasteiger charge is 2.24. The molecule has 0 aliphatic rings. The summed E-state index contributed by atoms with van der Waals surface area (Å²) in [5.41, 5.74) is 5.83. The van der Waals surface area contributed by atoms with E-state index in [1.165, 1.54) is 11.8 Å². The van der Waals surface area contributed by atoms with Gasteiger partial charge >= 0.3 is 0 Å². The third kappa shape index (κ3) is 7.58. The zero-order valence-corrected chi connectivity index (χ0v) is 21.5. The maximum absolute atomic E-state index is 12.7. The van der Waals surface area contributed by atoms with Gasteiger partial charge in [-0.1, -0.05) is 61.3 Å². The van der Waals surface area contributed by atoms with Crippen LogP contribution in [0, 0.1) is 12.8 Å². The maximum atomic E-state index is 12.7. The molecule has 0 aliphatic heterocycles. The zero-order chi connectivity index (χ0) is 26.1. The number of aryl methyl sites for hydroxylation is 1. The number of amides is 2. The monoisotopic (exact) mass is 507 g/mol. The van der Waals surface area contributed by atoms with Crippen LogP contribution in [0.3, 0.4) is 0 Å². The van der Waals surface area contributed by atoms with Gasteiger partial charge in [-0.15, -0.1) is 0 Å². The van der Waals surface area contributed by atoms with E-state index < -0.39 is 11.9 Å². The first-order valence-corrected chi connectivity index (χ1v) is 11.9. The standard InChI is InChI=1S/C28H30ClN3O4/c1-18(2)26(31-27(33)22-6-5-7-23(29)15-22)28(34)32-30-16-21-12-13-24(25(14-21)35-4)36-17-20-10-8-19(3)9-11-20/h5-16,18,26H,17H2,1-4H3,(H,31,33)(H,32,34). The van der Waals surface area contributed by atoms with E-state index in [1.54, 1.807) is 43.5 Å². The second kappa shape index (κ2) is 12.7. The van der Waals surface area contributed by atoms with E-state index in [1.807, 2.05) is 51.1 Å². The van der Waals surface area contributed by atoms with Crippen molar-refractivity contribution >= 4 is 29.6 Å². The lowest BCUT2D eigenvalue weighted by molar-refractivity contribution is -0.123. The number of carbonyl (C=O) groups excluding carboxylic acids is 2. The molecule has 0 radical (unpaired) electrons. The van der Waals surface area contributed by atoms with Crippen molar-refractivity contribution in [2.45, 2.75) is 33.4 Å². The Morgan fingerprint density at radius 2 is 1.78 bits per heavy atom. The molecule has 0 saturated heterocycles. The quantitative estimate of drug-likeness (QED) is 0.294.